The first kappa shape index (κ1) is 27.0. The first-order chi connectivity index (χ1) is 16.9. The van der Waals surface area contributed by atoms with E-state index < -0.39 is 10.0 Å². The van der Waals surface area contributed by atoms with Gasteiger partial charge in [0.15, 0.2) is 0 Å². The molecule has 2 aromatic rings. The first-order valence-electron chi connectivity index (χ1n) is 12.0. The number of nitrogens with zero attached hydrogens (tertiary/aromatic N) is 2. The van der Waals surface area contributed by atoms with E-state index in [4.69, 9.17) is 9.47 Å². The van der Waals surface area contributed by atoms with Gasteiger partial charge in [0.2, 0.25) is 0 Å². The number of ether oxygens (including phenoxy) is 2. The van der Waals surface area contributed by atoms with E-state index in [2.05, 4.69) is 28.0 Å². The number of methoxy groups -OCH3 is 1. The molecule has 2 aromatic carbocycles. The third kappa shape index (κ3) is 7.20. The van der Waals surface area contributed by atoms with Gasteiger partial charge in [0.05, 0.1) is 24.3 Å². The SMILES string of the molecule is C=CCOc1c(CC(CO)N2CCN(CCC)CC2)cccc1NS(=O)(=O)c1ccc(OC)cc1. The lowest BCUT2D eigenvalue weighted by atomic mass is 10.0. The van der Waals surface area contributed by atoms with E-state index in [0.717, 1.165) is 44.7 Å². The van der Waals surface area contributed by atoms with Crippen molar-refractivity contribution in [3.05, 3.63) is 60.7 Å². The van der Waals surface area contributed by atoms with E-state index in [1.807, 2.05) is 6.07 Å². The van der Waals surface area contributed by atoms with Crippen molar-refractivity contribution in [2.45, 2.75) is 30.7 Å². The van der Waals surface area contributed by atoms with Crippen LogP contribution >= 0.6 is 0 Å². The number of nitrogens with one attached hydrogen (secondary N) is 1. The Morgan fingerprint density at radius 1 is 1.14 bits per heavy atom. The highest BCUT2D eigenvalue weighted by atomic mass is 32.2. The molecule has 0 amide bonds. The van der Waals surface area contributed by atoms with Crippen LogP contribution in [0.2, 0.25) is 0 Å². The van der Waals surface area contributed by atoms with E-state index in [9.17, 15) is 13.5 Å². The van der Waals surface area contributed by atoms with Gasteiger partial charge in [0.25, 0.3) is 10.0 Å². The Bertz CT molecular complexity index is 1050. The zero-order chi connectivity index (χ0) is 25.3. The summed E-state index contributed by atoms with van der Waals surface area (Å²) in [5, 5.41) is 10.2. The van der Waals surface area contributed by atoms with Crippen LogP contribution in [0.5, 0.6) is 11.5 Å². The number of aliphatic hydroxyl groups is 1. The predicted molar refractivity (Wildman–Crippen MR) is 139 cm³/mol. The Balaban J connectivity index is 1.82. The Morgan fingerprint density at radius 2 is 1.86 bits per heavy atom. The smallest absolute Gasteiger partial charge is 0.262 e. The molecule has 2 N–H and O–H groups in total. The van der Waals surface area contributed by atoms with Crippen molar-refractivity contribution < 1.29 is 23.0 Å². The van der Waals surface area contributed by atoms with Crippen LogP contribution in [0.1, 0.15) is 18.9 Å². The molecular formula is C26H37N3O5S. The van der Waals surface area contributed by atoms with Gasteiger partial charge in [-0.25, -0.2) is 8.42 Å². The molecule has 1 aliphatic rings. The van der Waals surface area contributed by atoms with Gasteiger partial charge >= 0.3 is 0 Å². The molecule has 1 atom stereocenters. The maximum atomic E-state index is 13.1. The van der Waals surface area contributed by atoms with Gasteiger partial charge in [0.1, 0.15) is 18.1 Å². The number of rotatable bonds is 13. The van der Waals surface area contributed by atoms with Crippen LogP contribution in [0.4, 0.5) is 5.69 Å². The maximum Gasteiger partial charge on any atom is 0.262 e. The molecule has 0 aromatic heterocycles. The molecule has 35 heavy (non-hydrogen) atoms. The third-order valence-corrected chi connectivity index (χ3v) is 7.57. The van der Waals surface area contributed by atoms with Gasteiger partial charge in [-0.05, 0) is 55.3 Å². The van der Waals surface area contributed by atoms with Crippen LogP contribution in [0.3, 0.4) is 0 Å². The number of hydrogen-bond acceptors (Lipinski definition) is 7. The van der Waals surface area contributed by atoms with Gasteiger partial charge < -0.3 is 19.5 Å². The number of sulfonamides is 1. The van der Waals surface area contributed by atoms with Gasteiger partial charge in [-0.2, -0.15) is 0 Å². The molecule has 192 valence electrons. The highest BCUT2D eigenvalue weighted by Gasteiger charge is 2.26. The topological polar surface area (TPSA) is 91.3 Å². The van der Waals surface area contributed by atoms with Crippen molar-refractivity contribution in [3.63, 3.8) is 0 Å². The summed E-state index contributed by atoms with van der Waals surface area (Å²) in [5.74, 6) is 1.03. The van der Waals surface area contributed by atoms with Crippen molar-refractivity contribution in [3.8, 4) is 11.5 Å². The summed E-state index contributed by atoms with van der Waals surface area (Å²) >= 11 is 0. The van der Waals surface area contributed by atoms with E-state index in [-0.39, 0.29) is 24.2 Å². The summed E-state index contributed by atoms with van der Waals surface area (Å²) < 4.78 is 39.9. The molecule has 1 heterocycles. The van der Waals surface area contributed by atoms with E-state index >= 15 is 0 Å². The molecule has 0 bridgehead atoms. The number of piperazine rings is 1. The molecular weight excluding hydrogens is 466 g/mol. The summed E-state index contributed by atoms with van der Waals surface area (Å²) in [6.07, 6.45) is 3.29. The fourth-order valence-electron chi connectivity index (χ4n) is 4.33. The zero-order valence-electron chi connectivity index (χ0n) is 20.7. The first-order valence-corrected chi connectivity index (χ1v) is 13.5. The monoisotopic (exact) mass is 503 g/mol. The molecule has 1 unspecified atom stereocenters. The molecule has 8 nitrogen and oxygen atoms in total. The van der Waals surface area contributed by atoms with Gasteiger partial charge in [0, 0.05) is 32.2 Å². The van der Waals surface area contributed by atoms with Crippen LogP contribution in [0.25, 0.3) is 0 Å². The lowest BCUT2D eigenvalue weighted by Gasteiger charge is -2.39. The summed E-state index contributed by atoms with van der Waals surface area (Å²) in [7, 11) is -2.32. The molecule has 1 saturated heterocycles. The molecule has 0 radical (unpaired) electrons. The second-order valence-corrected chi connectivity index (χ2v) is 10.3. The number of para-hydroxylation sites is 1. The quantitative estimate of drug-likeness (QED) is 0.406. The van der Waals surface area contributed by atoms with Crippen molar-refractivity contribution in [2.24, 2.45) is 0 Å². The Kier molecular flexibility index (Phi) is 9.97. The van der Waals surface area contributed by atoms with Gasteiger partial charge in [-0.15, -0.1) is 0 Å². The Morgan fingerprint density at radius 3 is 2.46 bits per heavy atom. The number of anilines is 1. The predicted octanol–water partition coefficient (Wildman–Crippen LogP) is 2.99. The summed E-state index contributed by atoms with van der Waals surface area (Å²) in [6.45, 7) is 11.0. The van der Waals surface area contributed by atoms with Crippen LogP contribution in [-0.4, -0.2) is 82.4 Å². The van der Waals surface area contributed by atoms with Crippen LogP contribution in [-0.2, 0) is 16.4 Å². The molecule has 1 fully saturated rings. The normalized spacial score (nSPS) is 16.0. The minimum Gasteiger partial charge on any atom is -0.497 e. The maximum absolute atomic E-state index is 13.1. The second kappa shape index (κ2) is 12.9. The van der Waals surface area contributed by atoms with Crippen LogP contribution < -0.4 is 14.2 Å². The Hall–Kier alpha value is -2.59. The largest absolute Gasteiger partial charge is 0.497 e. The van der Waals surface area contributed by atoms with E-state index in [1.165, 1.54) is 19.2 Å². The van der Waals surface area contributed by atoms with Crippen molar-refractivity contribution in [2.75, 3.05) is 57.8 Å². The fourth-order valence-corrected chi connectivity index (χ4v) is 5.39. The second-order valence-electron chi connectivity index (χ2n) is 8.59. The van der Waals surface area contributed by atoms with Crippen molar-refractivity contribution >= 4 is 15.7 Å². The van der Waals surface area contributed by atoms with E-state index in [1.54, 1.807) is 30.3 Å². The molecule has 0 spiro atoms. The summed E-state index contributed by atoms with van der Waals surface area (Å²) in [5.41, 5.74) is 1.18. The molecule has 1 aliphatic heterocycles. The number of hydrogen-bond donors (Lipinski definition) is 2. The lowest BCUT2D eigenvalue weighted by molar-refractivity contribution is 0.0652. The highest BCUT2D eigenvalue weighted by molar-refractivity contribution is 7.92. The average molecular weight is 504 g/mol. The number of benzene rings is 2. The molecule has 9 heteroatoms. The zero-order valence-corrected chi connectivity index (χ0v) is 21.5. The number of aliphatic hydroxyl groups excluding tert-OH is 1. The minimum atomic E-state index is -3.85. The Labute approximate surface area is 209 Å². The van der Waals surface area contributed by atoms with Crippen molar-refractivity contribution in [1.29, 1.82) is 0 Å². The standard InChI is InChI=1S/C26H37N3O5S/c1-4-13-28-14-16-29(17-15-28)22(20-30)19-21-7-6-8-25(26(21)34-18-5-2)27-35(31,32)24-11-9-23(33-3)10-12-24/h5-12,22,27,30H,2,4,13-20H2,1,3H3. The van der Waals surface area contributed by atoms with Crippen LogP contribution in [0, 0.1) is 0 Å². The van der Waals surface area contributed by atoms with Crippen molar-refractivity contribution in [1.82, 2.24) is 9.80 Å². The summed E-state index contributed by atoms with van der Waals surface area (Å²) in [6, 6.07) is 11.5. The van der Waals surface area contributed by atoms with Crippen LogP contribution in [0.15, 0.2) is 60.0 Å². The minimum absolute atomic E-state index is 0.0104. The van der Waals surface area contributed by atoms with E-state index in [0.29, 0.717) is 23.6 Å². The molecule has 3 rings (SSSR count). The summed E-state index contributed by atoms with van der Waals surface area (Å²) in [4.78, 5) is 4.87. The van der Waals surface area contributed by atoms with Gasteiger partial charge in [-0.1, -0.05) is 31.7 Å². The molecule has 0 aliphatic carbocycles. The highest BCUT2D eigenvalue weighted by Crippen LogP contribution is 2.33. The third-order valence-electron chi connectivity index (χ3n) is 6.19. The lowest BCUT2D eigenvalue weighted by Crippen LogP contribution is -2.52. The molecule has 0 saturated carbocycles. The fraction of sp³-hybridized carbons (Fsp3) is 0.462. The van der Waals surface area contributed by atoms with Gasteiger partial charge in [-0.3, -0.25) is 9.62 Å². The average Bonchev–Trinajstić information content (AvgIpc) is 2.87.